The Balaban J connectivity index is 2.87. The molecule has 0 saturated heterocycles. The van der Waals surface area contributed by atoms with Gasteiger partial charge in [0.05, 0.1) is 0 Å². The third-order valence-corrected chi connectivity index (χ3v) is 3.98. The molecule has 0 aliphatic rings. The van der Waals surface area contributed by atoms with Crippen LogP contribution in [-0.4, -0.2) is 11.9 Å². The van der Waals surface area contributed by atoms with Gasteiger partial charge in [-0.2, -0.15) is 0 Å². The Kier molecular flexibility index (Phi) is 7.90. The van der Waals surface area contributed by atoms with E-state index >= 15 is 0 Å². The summed E-state index contributed by atoms with van der Waals surface area (Å²) in [4.78, 5) is 14.4. The number of nitrogens with zero attached hydrogens (tertiary/aromatic N) is 1. The maximum absolute atomic E-state index is 12.4. The monoisotopic (exact) mass is 339 g/mol. The van der Waals surface area contributed by atoms with Crippen molar-refractivity contribution < 1.29 is 4.79 Å². The molecular formula is C17H26BrNO. The van der Waals surface area contributed by atoms with Gasteiger partial charge in [0.1, 0.15) is 0 Å². The van der Waals surface area contributed by atoms with E-state index in [0.717, 1.165) is 23.0 Å². The second-order valence-corrected chi connectivity index (χ2v) is 6.25. The second kappa shape index (κ2) is 9.17. The van der Waals surface area contributed by atoms with Crippen LogP contribution in [0.5, 0.6) is 0 Å². The number of benzene rings is 1. The Bertz CT molecular complexity index is 419. The number of carbonyl (C=O) groups is 1. The Morgan fingerprint density at radius 3 is 2.60 bits per heavy atom. The van der Waals surface area contributed by atoms with E-state index < -0.39 is 0 Å². The summed E-state index contributed by atoms with van der Waals surface area (Å²) in [7, 11) is 0. The fourth-order valence-electron chi connectivity index (χ4n) is 2.42. The van der Waals surface area contributed by atoms with Crippen LogP contribution >= 0.6 is 15.9 Å². The van der Waals surface area contributed by atoms with Crippen LogP contribution < -0.4 is 4.90 Å². The third kappa shape index (κ3) is 5.28. The molecule has 0 saturated carbocycles. The summed E-state index contributed by atoms with van der Waals surface area (Å²) in [5, 5.41) is 0. The molecule has 0 N–H and O–H groups in total. The first-order chi connectivity index (χ1) is 9.60. The van der Waals surface area contributed by atoms with Crippen molar-refractivity contribution in [2.75, 3.05) is 4.90 Å². The summed E-state index contributed by atoms with van der Waals surface area (Å²) in [6.45, 7) is 6.42. The molecule has 0 spiro atoms. The van der Waals surface area contributed by atoms with Crippen LogP contribution in [0.25, 0.3) is 0 Å². The minimum absolute atomic E-state index is 0.231. The van der Waals surface area contributed by atoms with E-state index in [2.05, 4.69) is 36.7 Å². The molecule has 112 valence electrons. The maximum Gasteiger partial charge on any atom is 0.227 e. The van der Waals surface area contributed by atoms with Crippen LogP contribution in [0, 0.1) is 0 Å². The van der Waals surface area contributed by atoms with Crippen molar-refractivity contribution in [3.8, 4) is 0 Å². The van der Waals surface area contributed by atoms with Crippen LogP contribution in [0.1, 0.15) is 59.3 Å². The lowest BCUT2D eigenvalue weighted by Gasteiger charge is -2.30. The Morgan fingerprint density at radius 1 is 1.25 bits per heavy atom. The first kappa shape index (κ1) is 17.2. The molecule has 20 heavy (non-hydrogen) atoms. The summed E-state index contributed by atoms with van der Waals surface area (Å²) in [6.07, 6.45) is 6.21. The van der Waals surface area contributed by atoms with Crippen LogP contribution in [0.3, 0.4) is 0 Å². The number of hydrogen-bond acceptors (Lipinski definition) is 1. The molecule has 1 aromatic rings. The minimum Gasteiger partial charge on any atom is -0.310 e. The van der Waals surface area contributed by atoms with Gasteiger partial charge in [-0.25, -0.2) is 0 Å². The fourth-order valence-corrected chi connectivity index (χ4v) is 2.81. The predicted molar refractivity (Wildman–Crippen MR) is 90.1 cm³/mol. The Morgan fingerprint density at radius 2 is 2.00 bits per heavy atom. The summed E-state index contributed by atoms with van der Waals surface area (Å²) in [5.41, 5.74) is 1.00. The molecule has 1 unspecified atom stereocenters. The van der Waals surface area contributed by atoms with Crippen molar-refractivity contribution in [3.63, 3.8) is 0 Å². The minimum atomic E-state index is 0.231. The largest absolute Gasteiger partial charge is 0.310 e. The van der Waals surface area contributed by atoms with Gasteiger partial charge in [-0.15, -0.1) is 0 Å². The molecule has 0 bridgehead atoms. The lowest BCUT2D eigenvalue weighted by Crippen LogP contribution is -2.38. The van der Waals surface area contributed by atoms with Gasteiger partial charge in [-0.1, -0.05) is 55.1 Å². The molecule has 0 aliphatic carbocycles. The molecule has 0 radical (unpaired) electrons. The van der Waals surface area contributed by atoms with Crippen LogP contribution in [0.2, 0.25) is 0 Å². The van der Waals surface area contributed by atoms with Gasteiger partial charge in [-0.3, -0.25) is 4.79 Å². The highest BCUT2D eigenvalue weighted by molar-refractivity contribution is 9.10. The highest BCUT2D eigenvalue weighted by atomic mass is 79.9. The Labute approximate surface area is 131 Å². The summed E-state index contributed by atoms with van der Waals surface area (Å²) >= 11 is 3.49. The highest BCUT2D eigenvalue weighted by Gasteiger charge is 2.21. The number of amides is 1. The van der Waals surface area contributed by atoms with E-state index in [4.69, 9.17) is 0 Å². The number of halogens is 1. The number of carbonyl (C=O) groups excluding carboxylic acids is 1. The first-order valence-electron chi connectivity index (χ1n) is 7.67. The SMILES string of the molecule is CCCCCC(C)N(C(=O)CCC)c1cccc(Br)c1. The van der Waals surface area contributed by atoms with Crippen LogP contribution in [0.4, 0.5) is 5.69 Å². The van der Waals surface area contributed by atoms with Crippen LogP contribution in [-0.2, 0) is 4.79 Å². The summed E-state index contributed by atoms with van der Waals surface area (Å²) < 4.78 is 1.02. The fraction of sp³-hybridized carbons (Fsp3) is 0.588. The molecule has 0 aromatic heterocycles. The van der Waals surface area contributed by atoms with Crippen molar-refractivity contribution in [2.24, 2.45) is 0 Å². The average Bonchev–Trinajstić information content (AvgIpc) is 2.39. The van der Waals surface area contributed by atoms with E-state index in [0.29, 0.717) is 6.42 Å². The van der Waals surface area contributed by atoms with E-state index in [1.165, 1.54) is 19.3 Å². The van der Waals surface area contributed by atoms with E-state index in [1.54, 1.807) is 0 Å². The molecule has 1 rings (SSSR count). The normalized spacial score (nSPS) is 12.2. The topological polar surface area (TPSA) is 20.3 Å². The molecule has 2 nitrogen and oxygen atoms in total. The highest BCUT2D eigenvalue weighted by Crippen LogP contribution is 2.25. The van der Waals surface area contributed by atoms with E-state index in [-0.39, 0.29) is 11.9 Å². The number of rotatable bonds is 8. The standard InChI is InChI=1S/C17H26BrNO/c1-4-6-7-10-14(3)19(17(20)9-5-2)16-12-8-11-15(18)13-16/h8,11-14H,4-7,9-10H2,1-3H3. The van der Waals surface area contributed by atoms with Crippen molar-refractivity contribution in [2.45, 2.75) is 65.3 Å². The molecule has 0 fully saturated rings. The molecule has 0 aliphatic heterocycles. The average molecular weight is 340 g/mol. The van der Waals surface area contributed by atoms with Gasteiger partial charge >= 0.3 is 0 Å². The van der Waals surface area contributed by atoms with Crippen molar-refractivity contribution in [3.05, 3.63) is 28.7 Å². The molecule has 0 heterocycles. The van der Waals surface area contributed by atoms with Gasteiger partial charge in [0.25, 0.3) is 0 Å². The lowest BCUT2D eigenvalue weighted by atomic mass is 10.1. The predicted octanol–water partition coefficient (Wildman–Crippen LogP) is 5.55. The molecular weight excluding hydrogens is 314 g/mol. The van der Waals surface area contributed by atoms with E-state index in [1.807, 2.05) is 29.2 Å². The van der Waals surface area contributed by atoms with Gasteiger partial charge in [-0.05, 0) is 38.0 Å². The number of anilines is 1. The molecule has 3 heteroatoms. The second-order valence-electron chi connectivity index (χ2n) is 5.34. The van der Waals surface area contributed by atoms with Gasteiger partial charge in [0, 0.05) is 22.6 Å². The van der Waals surface area contributed by atoms with Crippen LogP contribution in [0.15, 0.2) is 28.7 Å². The zero-order valence-corrected chi connectivity index (χ0v) is 14.4. The number of unbranched alkanes of at least 4 members (excludes halogenated alkanes) is 2. The maximum atomic E-state index is 12.4. The Hall–Kier alpha value is -0.830. The van der Waals surface area contributed by atoms with Crippen molar-refractivity contribution in [1.29, 1.82) is 0 Å². The smallest absolute Gasteiger partial charge is 0.227 e. The quantitative estimate of drug-likeness (QED) is 0.568. The lowest BCUT2D eigenvalue weighted by molar-refractivity contribution is -0.119. The summed E-state index contributed by atoms with van der Waals surface area (Å²) in [6, 6.07) is 8.30. The third-order valence-electron chi connectivity index (χ3n) is 3.49. The number of hydrogen-bond donors (Lipinski definition) is 0. The van der Waals surface area contributed by atoms with Gasteiger partial charge in [0.2, 0.25) is 5.91 Å². The first-order valence-corrected chi connectivity index (χ1v) is 8.47. The molecule has 1 aromatic carbocycles. The van der Waals surface area contributed by atoms with Gasteiger partial charge < -0.3 is 4.90 Å². The van der Waals surface area contributed by atoms with Crippen molar-refractivity contribution in [1.82, 2.24) is 0 Å². The zero-order valence-electron chi connectivity index (χ0n) is 12.9. The zero-order chi connectivity index (χ0) is 15.0. The molecule has 1 amide bonds. The van der Waals surface area contributed by atoms with E-state index in [9.17, 15) is 4.79 Å². The van der Waals surface area contributed by atoms with Gasteiger partial charge in [0.15, 0.2) is 0 Å². The molecule has 1 atom stereocenters. The summed E-state index contributed by atoms with van der Waals surface area (Å²) in [5.74, 6) is 0.231. The van der Waals surface area contributed by atoms with Crippen molar-refractivity contribution >= 4 is 27.5 Å².